The number of ether oxygens (including phenoxy) is 2. The van der Waals surface area contributed by atoms with Crippen LogP contribution < -0.4 is 14.8 Å². The van der Waals surface area contributed by atoms with Gasteiger partial charge in [-0.05, 0) is 47.9 Å². The molecule has 0 aromatic heterocycles. The predicted octanol–water partition coefficient (Wildman–Crippen LogP) is 3.49. The number of anilines is 1. The smallest absolute Gasteiger partial charge is 0.238 e. The van der Waals surface area contributed by atoms with E-state index in [9.17, 15) is 9.18 Å². The molecule has 0 radical (unpaired) electrons. The van der Waals surface area contributed by atoms with Gasteiger partial charge in [-0.1, -0.05) is 11.6 Å². The summed E-state index contributed by atoms with van der Waals surface area (Å²) in [6.45, 7) is 1.53. The van der Waals surface area contributed by atoms with Crippen molar-refractivity contribution in [3.8, 4) is 11.5 Å². The van der Waals surface area contributed by atoms with Gasteiger partial charge >= 0.3 is 0 Å². The molecule has 0 spiro atoms. The van der Waals surface area contributed by atoms with Crippen LogP contribution in [0.4, 0.5) is 10.1 Å². The Morgan fingerprint density at radius 3 is 2.54 bits per heavy atom. The fourth-order valence-electron chi connectivity index (χ4n) is 3.06. The second-order valence-corrected chi connectivity index (χ2v) is 6.55. The Morgan fingerprint density at radius 1 is 1.19 bits per heavy atom. The molecule has 2 aromatic rings. The Morgan fingerprint density at radius 2 is 1.88 bits per heavy atom. The maximum atomic E-state index is 13.8. The van der Waals surface area contributed by atoms with Gasteiger partial charge in [0.25, 0.3) is 0 Å². The van der Waals surface area contributed by atoms with Crippen LogP contribution in [-0.4, -0.2) is 38.1 Å². The SMILES string of the molecule is COc1cc2c(cc1OC)CN(CC(=O)Nc1ccc(Cl)cc1F)CC2. The van der Waals surface area contributed by atoms with Gasteiger partial charge in [0.15, 0.2) is 11.5 Å². The molecule has 7 heteroatoms. The summed E-state index contributed by atoms with van der Waals surface area (Å²) in [5, 5.41) is 2.88. The van der Waals surface area contributed by atoms with Crippen LogP contribution in [0, 0.1) is 5.82 Å². The molecule has 26 heavy (non-hydrogen) atoms. The van der Waals surface area contributed by atoms with Gasteiger partial charge in [0.1, 0.15) is 5.82 Å². The number of halogens is 2. The molecule has 1 aliphatic heterocycles. The van der Waals surface area contributed by atoms with Crippen molar-refractivity contribution >= 4 is 23.2 Å². The minimum atomic E-state index is -0.549. The van der Waals surface area contributed by atoms with Crippen LogP contribution in [0.25, 0.3) is 0 Å². The third-order valence-corrected chi connectivity index (χ3v) is 4.60. The Labute approximate surface area is 156 Å². The Hall–Kier alpha value is -2.31. The molecule has 0 aliphatic carbocycles. The summed E-state index contributed by atoms with van der Waals surface area (Å²) in [6, 6.07) is 8.09. The molecule has 1 aliphatic rings. The highest BCUT2D eigenvalue weighted by atomic mass is 35.5. The van der Waals surface area contributed by atoms with E-state index in [0.29, 0.717) is 18.0 Å². The first kappa shape index (κ1) is 18.5. The molecule has 138 valence electrons. The number of nitrogens with zero attached hydrogens (tertiary/aromatic N) is 1. The quantitative estimate of drug-likeness (QED) is 0.865. The van der Waals surface area contributed by atoms with E-state index >= 15 is 0 Å². The molecule has 1 N–H and O–H groups in total. The number of carbonyl (C=O) groups is 1. The second kappa shape index (κ2) is 7.93. The van der Waals surface area contributed by atoms with Crippen LogP contribution in [-0.2, 0) is 17.8 Å². The van der Waals surface area contributed by atoms with Crippen molar-refractivity contribution in [1.29, 1.82) is 0 Å². The summed E-state index contributed by atoms with van der Waals surface area (Å²) in [4.78, 5) is 14.3. The third kappa shape index (κ3) is 4.08. The normalized spacial score (nSPS) is 13.8. The number of hydrogen-bond acceptors (Lipinski definition) is 4. The summed E-state index contributed by atoms with van der Waals surface area (Å²) >= 11 is 5.72. The van der Waals surface area contributed by atoms with Gasteiger partial charge in [-0.15, -0.1) is 0 Å². The molecule has 5 nitrogen and oxygen atoms in total. The van der Waals surface area contributed by atoms with E-state index in [0.717, 1.165) is 18.5 Å². The van der Waals surface area contributed by atoms with E-state index < -0.39 is 5.82 Å². The highest BCUT2D eigenvalue weighted by Gasteiger charge is 2.21. The molecule has 0 saturated carbocycles. The lowest BCUT2D eigenvalue weighted by atomic mass is 9.99. The standard InChI is InChI=1S/C19H20ClFN2O3/c1-25-17-7-12-5-6-23(10-13(12)8-18(17)26-2)11-19(24)22-16-4-3-14(20)9-15(16)21/h3-4,7-9H,5-6,10-11H2,1-2H3,(H,22,24). The number of nitrogens with one attached hydrogen (secondary N) is 1. The van der Waals surface area contributed by atoms with Crippen molar-refractivity contribution in [3.05, 3.63) is 52.3 Å². The fraction of sp³-hybridized carbons (Fsp3) is 0.316. The molecular weight excluding hydrogens is 359 g/mol. The lowest BCUT2D eigenvalue weighted by molar-refractivity contribution is -0.117. The Balaban J connectivity index is 1.66. The number of hydrogen-bond donors (Lipinski definition) is 1. The largest absolute Gasteiger partial charge is 0.493 e. The van der Waals surface area contributed by atoms with E-state index in [2.05, 4.69) is 5.32 Å². The van der Waals surface area contributed by atoms with Crippen LogP contribution in [0.1, 0.15) is 11.1 Å². The zero-order valence-electron chi connectivity index (χ0n) is 14.6. The predicted molar refractivity (Wildman–Crippen MR) is 98.6 cm³/mol. The number of methoxy groups -OCH3 is 2. The molecule has 0 atom stereocenters. The highest BCUT2D eigenvalue weighted by Crippen LogP contribution is 2.33. The van der Waals surface area contributed by atoms with Crippen molar-refractivity contribution in [2.75, 3.05) is 32.6 Å². The minimum absolute atomic E-state index is 0.128. The minimum Gasteiger partial charge on any atom is -0.493 e. The maximum absolute atomic E-state index is 13.8. The molecule has 2 aromatic carbocycles. The number of carbonyl (C=O) groups excluding carboxylic acids is 1. The lowest BCUT2D eigenvalue weighted by Crippen LogP contribution is -2.37. The summed E-state index contributed by atoms with van der Waals surface area (Å²) in [6.07, 6.45) is 0.804. The fourth-order valence-corrected chi connectivity index (χ4v) is 3.22. The van der Waals surface area contributed by atoms with Crippen LogP contribution in [0.15, 0.2) is 30.3 Å². The van der Waals surface area contributed by atoms with Crippen LogP contribution in [0.2, 0.25) is 5.02 Å². The molecular formula is C19H20ClFN2O3. The molecule has 1 heterocycles. The van der Waals surface area contributed by atoms with Gasteiger partial charge in [-0.2, -0.15) is 0 Å². The molecule has 0 fully saturated rings. The van der Waals surface area contributed by atoms with E-state index in [1.165, 1.54) is 23.8 Å². The summed E-state index contributed by atoms with van der Waals surface area (Å²) in [5.41, 5.74) is 2.41. The zero-order chi connectivity index (χ0) is 18.7. The van der Waals surface area contributed by atoms with Crippen molar-refractivity contribution in [2.24, 2.45) is 0 Å². The van der Waals surface area contributed by atoms with Gasteiger partial charge in [-0.3, -0.25) is 9.69 Å². The Kier molecular flexibility index (Phi) is 5.64. The summed E-state index contributed by atoms with van der Waals surface area (Å²) < 4.78 is 24.5. The van der Waals surface area contributed by atoms with Gasteiger partial charge in [0.05, 0.1) is 26.5 Å². The first-order valence-corrected chi connectivity index (χ1v) is 8.59. The van der Waals surface area contributed by atoms with Crippen molar-refractivity contribution < 1.29 is 18.7 Å². The summed E-state index contributed by atoms with van der Waals surface area (Å²) in [5.74, 6) is 0.554. The summed E-state index contributed by atoms with van der Waals surface area (Å²) in [7, 11) is 3.21. The molecule has 3 rings (SSSR count). The van der Waals surface area contributed by atoms with Crippen LogP contribution in [0.5, 0.6) is 11.5 Å². The topological polar surface area (TPSA) is 50.8 Å². The van der Waals surface area contributed by atoms with E-state index in [-0.39, 0.29) is 23.2 Å². The van der Waals surface area contributed by atoms with Crippen LogP contribution >= 0.6 is 11.6 Å². The van der Waals surface area contributed by atoms with Gasteiger partial charge in [-0.25, -0.2) is 4.39 Å². The molecule has 1 amide bonds. The second-order valence-electron chi connectivity index (χ2n) is 6.11. The third-order valence-electron chi connectivity index (χ3n) is 4.37. The van der Waals surface area contributed by atoms with Gasteiger partial charge in [0.2, 0.25) is 5.91 Å². The van der Waals surface area contributed by atoms with Gasteiger partial charge in [0, 0.05) is 18.1 Å². The maximum Gasteiger partial charge on any atom is 0.238 e. The Bertz CT molecular complexity index is 829. The molecule has 0 unspecified atom stereocenters. The monoisotopic (exact) mass is 378 g/mol. The number of rotatable bonds is 5. The average molecular weight is 379 g/mol. The van der Waals surface area contributed by atoms with Gasteiger partial charge < -0.3 is 14.8 Å². The average Bonchev–Trinajstić information content (AvgIpc) is 2.62. The number of benzene rings is 2. The first-order chi connectivity index (χ1) is 12.5. The molecule has 0 bridgehead atoms. The van der Waals surface area contributed by atoms with Crippen molar-refractivity contribution in [1.82, 2.24) is 4.90 Å². The molecule has 0 saturated heterocycles. The lowest BCUT2D eigenvalue weighted by Gasteiger charge is -2.29. The zero-order valence-corrected chi connectivity index (χ0v) is 15.4. The van der Waals surface area contributed by atoms with Crippen LogP contribution in [0.3, 0.4) is 0 Å². The van der Waals surface area contributed by atoms with Crippen molar-refractivity contribution in [2.45, 2.75) is 13.0 Å². The highest BCUT2D eigenvalue weighted by molar-refractivity contribution is 6.30. The van der Waals surface area contributed by atoms with E-state index in [4.69, 9.17) is 21.1 Å². The number of amides is 1. The van der Waals surface area contributed by atoms with E-state index in [1.54, 1.807) is 14.2 Å². The van der Waals surface area contributed by atoms with Crippen molar-refractivity contribution in [3.63, 3.8) is 0 Å². The first-order valence-electron chi connectivity index (χ1n) is 8.21. The van der Waals surface area contributed by atoms with E-state index in [1.807, 2.05) is 17.0 Å². The number of fused-ring (bicyclic) bond motifs is 1.